The molecule has 0 aromatic carbocycles. The summed E-state index contributed by atoms with van der Waals surface area (Å²) in [4.78, 5) is 24.4. The monoisotopic (exact) mass is 854 g/mol. The Morgan fingerprint density at radius 3 is 1.41 bits per heavy atom. The van der Waals surface area contributed by atoms with Gasteiger partial charge in [0.1, 0.15) is 0 Å². The minimum Gasteiger partial charge on any atom is -0.466 e. The van der Waals surface area contributed by atoms with Crippen molar-refractivity contribution in [2.24, 2.45) is 0 Å². The average molecular weight is 854 g/mol. The molecule has 1 amide bonds. The molecule has 61 heavy (non-hydrogen) atoms. The lowest BCUT2D eigenvalue weighted by molar-refractivity contribution is -0.143. The fraction of sp³-hybridized carbons (Fsp3) is 0.782. The van der Waals surface area contributed by atoms with E-state index in [2.05, 4.69) is 67.8 Å². The number of amides is 1. The van der Waals surface area contributed by atoms with Crippen LogP contribution in [0.1, 0.15) is 251 Å². The molecule has 6 heteroatoms. The molecule has 0 fully saturated rings. The second kappa shape index (κ2) is 50.2. The summed E-state index contributed by atoms with van der Waals surface area (Å²) in [5, 5.41) is 23.0. The first-order chi connectivity index (χ1) is 30.0. The highest BCUT2D eigenvalue weighted by Gasteiger charge is 2.18. The summed E-state index contributed by atoms with van der Waals surface area (Å²) in [7, 11) is 0. The molecule has 2 atom stereocenters. The maximum absolute atomic E-state index is 12.4. The van der Waals surface area contributed by atoms with Gasteiger partial charge < -0.3 is 20.3 Å². The number of hydrogen-bond donors (Lipinski definition) is 3. The van der Waals surface area contributed by atoms with Crippen molar-refractivity contribution in [1.29, 1.82) is 0 Å². The van der Waals surface area contributed by atoms with Crippen molar-refractivity contribution in [2.75, 3.05) is 13.2 Å². The van der Waals surface area contributed by atoms with Crippen LogP contribution in [0, 0.1) is 0 Å². The second-order valence-corrected chi connectivity index (χ2v) is 17.5. The van der Waals surface area contributed by atoms with E-state index in [0.717, 1.165) is 89.9 Å². The molecule has 6 nitrogen and oxygen atoms in total. The fourth-order valence-corrected chi connectivity index (χ4v) is 7.48. The van der Waals surface area contributed by atoms with E-state index in [4.69, 9.17) is 4.74 Å². The molecule has 0 aromatic heterocycles. The van der Waals surface area contributed by atoms with Crippen molar-refractivity contribution in [3.8, 4) is 0 Å². The van der Waals surface area contributed by atoms with Gasteiger partial charge in [-0.15, -0.1) is 0 Å². The van der Waals surface area contributed by atoms with Crippen molar-refractivity contribution in [3.63, 3.8) is 0 Å². The molecule has 0 bridgehead atoms. The number of aliphatic hydroxyl groups excluding tert-OH is 2. The molecular weight excluding hydrogens is 755 g/mol. The molecule has 0 spiro atoms. The minimum atomic E-state index is -0.851. The molecule has 0 saturated heterocycles. The first kappa shape index (κ1) is 58.6. The summed E-state index contributed by atoms with van der Waals surface area (Å²) in [6.07, 6.45) is 63.7. The van der Waals surface area contributed by atoms with Crippen LogP contribution >= 0.6 is 0 Å². The van der Waals surface area contributed by atoms with E-state index in [1.165, 1.54) is 135 Å². The number of hydrogen-bond acceptors (Lipinski definition) is 5. The molecule has 2 unspecified atom stereocenters. The van der Waals surface area contributed by atoms with E-state index in [9.17, 15) is 19.8 Å². The Morgan fingerprint density at radius 2 is 0.902 bits per heavy atom. The smallest absolute Gasteiger partial charge is 0.305 e. The predicted molar refractivity (Wildman–Crippen MR) is 264 cm³/mol. The van der Waals surface area contributed by atoms with Crippen LogP contribution in [0.15, 0.2) is 60.8 Å². The van der Waals surface area contributed by atoms with Crippen molar-refractivity contribution in [1.82, 2.24) is 5.32 Å². The minimum absolute atomic E-state index is 0.0308. The standard InChI is InChI=1S/C55H99NO5/c1-3-5-7-9-11-13-15-24-29-33-37-41-45-49-55(60)61-50-46-42-38-34-30-26-23-21-19-17-18-20-22-25-28-32-36-40-44-48-54(59)56-52(51-57)53(58)47-43-39-35-31-27-16-14-12-10-8-6-4-2/h7,9,13,15,21,23,26,30,43,47,52-53,57-58H,3-6,8,10-12,14,16-20,22,24-25,27-29,31-42,44-46,48-51H2,1-2H3,(H,56,59)/b9-7-,15-13-,23-21-,30-26-,47-43+. The number of carbonyl (C=O) groups excluding carboxylic acids is 2. The number of unbranched alkanes of at least 4 members (excludes halogenated alkanes) is 29. The maximum Gasteiger partial charge on any atom is 0.305 e. The molecule has 354 valence electrons. The third-order valence-electron chi connectivity index (χ3n) is 11.5. The van der Waals surface area contributed by atoms with Gasteiger partial charge in [0, 0.05) is 12.8 Å². The number of nitrogens with one attached hydrogen (secondary N) is 1. The predicted octanol–water partition coefficient (Wildman–Crippen LogP) is 15.6. The number of allylic oxidation sites excluding steroid dienone is 9. The number of ether oxygens (including phenoxy) is 1. The Bertz CT molecular complexity index is 1080. The Morgan fingerprint density at radius 1 is 0.475 bits per heavy atom. The quantitative estimate of drug-likeness (QED) is 0.0245. The summed E-state index contributed by atoms with van der Waals surface area (Å²) < 4.78 is 5.43. The van der Waals surface area contributed by atoms with Crippen LogP contribution in [0.2, 0.25) is 0 Å². The van der Waals surface area contributed by atoms with E-state index in [0.29, 0.717) is 19.4 Å². The molecule has 0 rings (SSSR count). The van der Waals surface area contributed by atoms with Gasteiger partial charge in [-0.3, -0.25) is 9.59 Å². The highest BCUT2D eigenvalue weighted by atomic mass is 16.5. The molecule has 0 radical (unpaired) electrons. The summed E-state index contributed by atoms with van der Waals surface area (Å²) in [5.41, 5.74) is 0. The van der Waals surface area contributed by atoms with Gasteiger partial charge in [0.2, 0.25) is 5.91 Å². The van der Waals surface area contributed by atoms with Crippen molar-refractivity contribution >= 4 is 11.9 Å². The Balaban J connectivity index is 3.53. The third-order valence-corrected chi connectivity index (χ3v) is 11.5. The molecule has 0 aromatic rings. The van der Waals surface area contributed by atoms with Gasteiger partial charge >= 0.3 is 5.97 Å². The van der Waals surface area contributed by atoms with Gasteiger partial charge in [0.15, 0.2) is 0 Å². The van der Waals surface area contributed by atoms with E-state index in [-0.39, 0.29) is 18.5 Å². The highest BCUT2D eigenvalue weighted by molar-refractivity contribution is 5.76. The van der Waals surface area contributed by atoms with Crippen LogP contribution in [-0.2, 0) is 14.3 Å². The molecule has 3 N–H and O–H groups in total. The normalized spacial score (nSPS) is 13.2. The van der Waals surface area contributed by atoms with E-state index in [1.807, 2.05) is 6.08 Å². The number of rotatable bonds is 47. The number of carbonyl (C=O) groups is 2. The Hall–Kier alpha value is -2.44. The van der Waals surface area contributed by atoms with Crippen LogP contribution in [0.5, 0.6) is 0 Å². The number of esters is 1. The van der Waals surface area contributed by atoms with Gasteiger partial charge in [0.05, 0.1) is 25.4 Å². The highest BCUT2D eigenvalue weighted by Crippen LogP contribution is 2.14. The van der Waals surface area contributed by atoms with Gasteiger partial charge in [-0.25, -0.2) is 0 Å². The van der Waals surface area contributed by atoms with Gasteiger partial charge in [-0.2, -0.15) is 0 Å². The Labute approximate surface area is 378 Å². The summed E-state index contributed by atoms with van der Waals surface area (Å²) in [6, 6.07) is -0.636. The van der Waals surface area contributed by atoms with Crippen LogP contribution in [0.4, 0.5) is 0 Å². The molecule has 0 aliphatic rings. The lowest BCUT2D eigenvalue weighted by Crippen LogP contribution is -2.45. The maximum atomic E-state index is 12.4. The van der Waals surface area contributed by atoms with E-state index >= 15 is 0 Å². The van der Waals surface area contributed by atoms with Crippen LogP contribution in [0.25, 0.3) is 0 Å². The van der Waals surface area contributed by atoms with Crippen LogP contribution in [-0.4, -0.2) is 47.4 Å². The van der Waals surface area contributed by atoms with Crippen molar-refractivity contribution < 1.29 is 24.5 Å². The summed E-state index contributed by atoms with van der Waals surface area (Å²) in [5.74, 6) is -0.112. The van der Waals surface area contributed by atoms with E-state index < -0.39 is 12.1 Å². The SMILES string of the molecule is CCC/C=C\C/C=C\CCCCCCCC(=O)OCCCCC/C=C\C=C/CCCCCCCCCCCCC(=O)NC(CO)C(O)/C=C/CCCCCCCCCCCC. The largest absolute Gasteiger partial charge is 0.466 e. The lowest BCUT2D eigenvalue weighted by atomic mass is 10.0. The second-order valence-electron chi connectivity index (χ2n) is 17.5. The zero-order valence-electron chi connectivity index (χ0n) is 40.1. The molecule has 0 heterocycles. The van der Waals surface area contributed by atoms with Gasteiger partial charge in [-0.05, 0) is 89.9 Å². The zero-order valence-corrected chi connectivity index (χ0v) is 40.1. The summed E-state index contributed by atoms with van der Waals surface area (Å²) in [6.45, 7) is 4.77. The van der Waals surface area contributed by atoms with Gasteiger partial charge in [0.25, 0.3) is 0 Å². The van der Waals surface area contributed by atoms with Crippen LogP contribution in [0.3, 0.4) is 0 Å². The zero-order chi connectivity index (χ0) is 44.4. The Kier molecular flexibility index (Phi) is 48.2. The van der Waals surface area contributed by atoms with E-state index in [1.54, 1.807) is 6.08 Å². The van der Waals surface area contributed by atoms with Crippen molar-refractivity contribution in [2.45, 2.75) is 264 Å². The van der Waals surface area contributed by atoms with Gasteiger partial charge in [-0.1, -0.05) is 209 Å². The molecule has 0 aliphatic heterocycles. The average Bonchev–Trinajstić information content (AvgIpc) is 3.26. The molecule has 0 saturated carbocycles. The third kappa shape index (κ3) is 46.9. The number of aliphatic hydroxyl groups is 2. The first-order valence-electron chi connectivity index (χ1n) is 26.1. The fourth-order valence-electron chi connectivity index (χ4n) is 7.48. The summed E-state index contributed by atoms with van der Waals surface area (Å²) >= 11 is 0. The van der Waals surface area contributed by atoms with Crippen molar-refractivity contribution in [3.05, 3.63) is 60.8 Å². The lowest BCUT2D eigenvalue weighted by Gasteiger charge is -2.20. The van der Waals surface area contributed by atoms with Crippen LogP contribution < -0.4 is 5.32 Å². The molecular formula is C55H99NO5. The molecule has 0 aliphatic carbocycles. The first-order valence-corrected chi connectivity index (χ1v) is 26.1. The topological polar surface area (TPSA) is 95.9 Å².